The first-order valence-corrected chi connectivity index (χ1v) is 26.1. The van der Waals surface area contributed by atoms with Crippen LogP contribution in [0, 0.1) is 0 Å². The van der Waals surface area contributed by atoms with Gasteiger partial charge in [-0.2, -0.15) is 0 Å². The van der Waals surface area contributed by atoms with Crippen LogP contribution < -0.4 is 5.32 Å². The summed E-state index contributed by atoms with van der Waals surface area (Å²) >= 11 is 0. The number of esters is 1. The fraction of sp³-hybridized carbons (Fsp3) is 0.782. The number of carbonyl (C=O) groups excluding carboxylic acids is 2. The lowest BCUT2D eigenvalue weighted by molar-refractivity contribution is -0.143. The normalized spacial score (nSPS) is 13.2. The topological polar surface area (TPSA) is 95.9 Å². The van der Waals surface area contributed by atoms with E-state index in [4.69, 9.17) is 4.74 Å². The molecule has 0 aromatic heterocycles. The zero-order chi connectivity index (χ0) is 44.4. The number of unbranched alkanes of at least 4 members (excludes halogenated alkanes) is 28. The van der Waals surface area contributed by atoms with Gasteiger partial charge in [0, 0.05) is 12.8 Å². The lowest BCUT2D eigenvalue weighted by Gasteiger charge is -2.20. The second-order valence-electron chi connectivity index (χ2n) is 17.5. The molecule has 0 heterocycles. The molecule has 0 rings (SSSR count). The maximum Gasteiger partial charge on any atom is 0.305 e. The van der Waals surface area contributed by atoms with Gasteiger partial charge in [0.1, 0.15) is 0 Å². The summed E-state index contributed by atoms with van der Waals surface area (Å²) in [6.07, 6.45) is 63.7. The lowest BCUT2D eigenvalue weighted by atomic mass is 10.1. The number of aliphatic hydroxyl groups excluding tert-OH is 2. The van der Waals surface area contributed by atoms with Crippen LogP contribution >= 0.6 is 0 Å². The number of hydrogen-bond acceptors (Lipinski definition) is 5. The Hall–Kier alpha value is -2.44. The van der Waals surface area contributed by atoms with Crippen molar-refractivity contribution >= 4 is 11.9 Å². The molecular weight excluding hydrogens is 755 g/mol. The van der Waals surface area contributed by atoms with Crippen LogP contribution in [0.1, 0.15) is 251 Å². The van der Waals surface area contributed by atoms with Crippen molar-refractivity contribution in [2.45, 2.75) is 264 Å². The van der Waals surface area contributed by atoms with E-state index in [1.165, 1.54) is 135 Å². The van der Waals surface area contributed by atoms with E-state index in [1.807, 2.05) is 6.08 Å². The van der Waals surface area contributed by atoms with E-state index in [1.54, 1.807) is 6.08 Å². The van der Waals surface area contributed by atoms with Crippen molar-refractivity contribution in [1.82, 2.24) is 5.32 Å². The minimum atomic E-state index is -0.854. The predicted octanol–water partition coefficient (Wildman–Crippen LogP) is 15.6. The summed E-state index contributed by atoms with van der Waals surface area (Å²) < 4.78 is 5.45. The smallest absolute Gasteiger partial charge is 0.305 e. The average molecular weight is 854 g/mol. The number of aliphatic hydroxyl groups is 2. The molecule has 2 atom stereocenters. The van der Waals surface area contributed by atoms with Gasteiger partial charge < -0.3 is 20.3 Å². The molecule has 6 nitrogen and oxygen atoms in total. The number of carbonyl (C=O) groups is 2. The van der Waals surface area contributed by atoms with Gasteiger partial charge in [-0.1, -0.05) is 197 Å². The molecule has 0 bridgehead atoms. The zero-order valence-electron chi connectivity index (χ0n) is 40.1. The molecule has 0 aliphatic carbocycles. The van der Waals surface area contributed by atoms with Gasteiger partial charge in [0.15, 0.2) is 0 Å². The third kappa shape index (κ3) is 46.9. The van der Waals surface area contributed by atoms with Crippen molar-refractivity contribution < 1.29 is 24.5 Å². The molecule has 0 aliphatic rings. The maximum atomic E-state index is 12.4. The molecule has 1 amide bonds. The molecule has 0 fully saturated rings. The zero-order valence-corrected chi connectivity index (χ0v) is 40.1. The minimum absolute atomic E-state index is 0.0256. The SMILES string of the molecule is CCCCC/C=C\C/C=C\CCCCCCCCCC(=O)OCCCCC/C=C\C/C=C\CCCCCCCCCC(=O)NC(CO)C(O)/C=C/CCCCCCCCCC. The molecule has 0 saturated carbocycles. The van der Waals surface area contributed by atoms with Gasteiger partial charge >= 0.3 is 5.97 Å². The van der Waals surface area contributed by atoms with Gasteiger partial charge in [-0.15, -0.1) is 0 Å². The molecule has 0 aromatic carbocycles. The Bertz CT molecular complexity index is 1080. The van der Waals surface area contributed by atoms with Gasteiger partial charge in [-0.05, 0) is 103 Å². The van der Waals surface area contributed by atoms with Crippen LogP contribution in [0.25, 0.3) is 0 Å². The molecule has 2 unspecified atom stereocenters. The summed E-state index contributed by atoms with van der Waals surface area (Å²) in [5.41, 5.74) is 0. The first-order chi connectivity index (χ1) is 30.0. The van der Waals surface area contributed by atoms with Crippen LogP contribution in [0.2, 0.25) is 0 Å². The van der Waals surface area contributed by atoms with E-state index in [0.717, 1.165) is 89.9 Å². The van der Waals surface area contributed by atoms with E-state index in [0.29, 0.717) is 19.4 Å². The molecule has 3 N–H and O–H groups in total. The Kier molecular flexibility index (Phi) is 48.2. The quantitative estimate of drug-likeness (QED) is 0.0322. The fourth-order valence-corrected chi connectivity index (χ4v) is 7.46. The Morgan fingerprint density at radius 2 is 0.820 bits per heavy atom. The lowest BCUT2D eigenvalue weighted by Crippen LogP contribution is -2.45. The Labute approximate surface area is 378 Å². The number of hydrogen-bond donors (Lipinski definition) is 3. The summed E-state index contributed by atoms with van der Waals surface area (Å²) in [5.74, 6) is -0.114. The highest BCUT2D eigenvalue weighted by Crippen LogP contribution is 2.14. The summed E-state index contributed by atoms with van der Waals surface area (Å²) in [4.78, 5) is 24.4. The average Bonchev–Trinajstić information content (AvgIpc) is 3.26. The summed E-state index contributed by atoms with van der Waals surface area (Å²) in [7, 11) is 0. The third-order valence-electron chi connectivity index (χ3n) is 11.5. The van der Waals surface area contributed by atoms with Gasteiger partial charge in [-0.25, -0.2) is 0 Å². The van der Waals surface area contributed by atoms with Gasteiger partial charge in [-0.3, -0.25) is 9.59 Å². The highest BCUT2D eigenvalue weighted by molar-refractivity contribution is 5.76. The number of ether oxygens (including phenoxy) is 1. The van der Waals surface area contributed by atoms with Crippen LogP contribution in [0.15, 0.2) is 60.8 Å². The molecule has 0 saturated heterocycles. The van der Waals surface area contributed by atoms with Crippen molar-refractivity contribution in [3.05, 3.63) is 60.8 Å². The third-order valence-corrected chi connectivity index (χ3v) is 11.5. The molecule has 61 heavy (non-hydrogen) atoms. The van der Waals surface area contributed by atoms with Crippen molar-refractivity contribution in [2.75, 3.05) is 13.2 Å². The number of amides is 1. The van der Waals surface area contributed by atoms with Crippen molar-refractivity contribution in [1.29, 1.82) is 0 Å². The number of allylic oxidation sites excluding steroid dienone is 9. The standard InChI is InChI=1S/C55H99NO5/c1-3-5-7-9-11-13-15-16-17-19-23-26-29-33-37-41-45-49-55(60)61-50-46-42-38-34-30-27-24-21-18-20-22-25-28-32-36-40-44-48-54(59)56-52(51-57)53(58)47-43-39-35-31-14-12-10-8-6-4-2/h11,13,16-18,21,27,30,43,47,52-53,57-58H,3-10,12,14-15,19-20,22-26,28-29,31-42,44-46,48-51H2,1-2H3,(H,56,59)/b13-11-,17-16-,21-18-,30-27-,47-43+. The van der Waals surface area contributed by atoms with Gasteiger partial charge in [0.05, 0.1) is 25.4 Å². The van der Waals surface area contributed by atoms with E-state index in [-0.39, 0.29) is 18.5 Å². The van der Waals surface area contributed by atoms with E-state index in [2.05, 4.69) is 67.8 Å². The monoisotopic (exact) mass is 854 g/mol. The van der Waals surface area contributed by atoms with Gasteiger partial charge in [0.2, 0.25) is 5.91 Å². The summed E-state index contributed by atoms with van der Waals surface area (Å²) in [6.45, 7) is 4.79. The van der Waals surface area contributed by atoms with Crippen LogP contribution in [0.5, 0.6) is 0 Å². The molecule has 0 aliphatic heterocycles. The largest absolute Gasteiger partial charge is 0.466 e. The molecule has 0 spiro atoms. The van der Waals surface area contributed by atoms with Crippen molar-refractivity contribution in [3.63, 3.8) is 0 Å². The Morgan fingerprint density at radius 3 is 1.28 bits per heavy atom. The van der Waals surface area contributed by atoms with Crippen molar-refractivity contribution in [2.24, 2.45) is 0 Å². The number of rotatable bonds is 47. The van der Waals surface area contributed by atoms with Crippen LogP contribution in [0.4, 0.5) is 0 Å². The second-order valence-corrected chi connectivity index (χ2v) is 17.5. The fourth-order valence-electron chi connectivity index (χ4n) is 7.46. The van der Waals surface area contributed by atoms with E-state index >= 15 is 0 Å². The van der Waals surface area contributed by atoms with Crippen LogP contribution in [-0.4, -0.2) is 47.4 Å². The predicted molar refractivity (Wildman–Crippen MR) is 264 cm³/mol. The molecule has 0 aromatic rings. The Balaban J connectivity index is 3.52. The maximum absolute atomic E-state index is 12.4. The Morgan fingerprint density at radius 1 is 0.459 bits per heavy atom. The van der Waals surface area contributed by atoms with E-state index in [9.17, 15) is 19.8 Å². The van der Waals surface area contributed by atoms with Gasteiger partial charge in [0.25, 0.3) is 0 Å². The second kappa shape index (κ2) is 50.2. The molecular formula is C55H99NO5. The van der Waals surface area contributed by atoms with Crippen LogP contribution in [-0.2, 0) is 14.3 Å². The first kappa shape index (κ1) is 58.6. The highest BCUT2D eigenvalue weighted by atomic mass is 16.5. The summed E-state index contributed by atoms with van der Waals surface area (Å²) in [6, 6.07) is -0.640. The number of nitrogens with one attached hydrogen (secondary N) is 1. The molecule has 354 valence electrons. The van der Waals surface area contributed by atoms with Crippen LogP contribution in [0.3, 0.4) is 0 Å². The molecule has 6 heteroatoms. The first-order valence-electron chi connectivity index (χ1n) is 26.1. The van der Waals surface area contributed by atoms with E-state index < -0.39 is 12.1 Å². The highest BCUT2D eigenvalue weighted by Gasteiger charge is 2.18. The van der Waals surface area contributed by atoms with Crippen molar-refractivity contribution in [3.8, 4) is 0 Å². The minimum Gasteiger partial charge on any atom is -0.466 e. The molecule has 0 radical (unpaired) electrons. The summed E-state index contributed by atoms with van der Waals surface area (Å²) in [5, 5.41) is 22.9.